The molecule has 20 heavy (non-hydrogen) atoms. The predicted molar refractivity (Wildman–Crippen MR) is 62.5 cm³/mol. The number of rotatable bonds is 4. The van der Waals surface area contributed by atoms with Gasteiger partial charge in [-0.15, -0.1) is 10.2 Å². The lowest BCUT2D eigenvalue weighted by Gasteiger charge is -2.08. The quantitative estimate of drug-likeness (QED) is 0.868. The molecule has 10 heteroatoms. The first kappa shape index (κ1) is 14.3. The van der Waals surface area contributed by atoms with Crippen molar-refractivity contribution < 1.29 is 23.1 Å². The zero-order valence-corrected chi connectivity index (χ0v) is 10.5. The summed E-state index contributed by atoms with van der Waals surface area (Å²) in [5.74, 6) is -1.26. The van der Waals surface area contributed by atoms with Gasteiger partial charge in [0.1, 0.15) is 12.0 Å². The number of aromatic nitrogens is 4. The molecule has 0 fully saturated rings. The van der Waals surface area contributed by atoms with Crippen molar-refractivity contribution >= 4 is 17.7 Å². The van der Waals surface area contributed by atoms with Gasteiger partial charge in [-0.05, 0) is 12.1 Å². The second-order valence-corrected chi connectivity index (χ2v) is 4.51. The fraction of sp³-hybridized carbons (Fsp3) is 0.200. The summed E-state index contributed by atoms with van der Waals surface area (Å²) in [6.07, 6.45) is -2.21. The van der Waals surface area contributed by atoms with Gasteiger partial charge in [-0.3, -0.25) is 9.36 Å². The van der Waals surface area contributed by atoms with Crippen molar-refractivity contribution in [1.82, 2.24) is 19.7 Å². The largest absolute Gasteiger partial charge is 0.481 e. The molecule has 0 bridgehead atoms. The monoisotopic (exact) mass is 304 g/mol. The fourth-order valence-electron chi connectivity index (χ4n) is 1.32. The van der Waals surface area contributed by atoms with E-state index in [1.54, 1.807) is 0 Å². The SMILES string of the molecule is O=C(O)CSc1nncn1-c1ccc(C(F)(F)F)nc1. The van der Waals surface area contributed by atoms with Gasteiger partial charge in [0.2, 0.25) is 0 Å². The number of carbonyl (C=O) groups is 1. The Labute approximate surface area is 114 Å². The molecule has 2 heterocycles. The van der Waals surface area contributed by atoms with E-state index in [2.05, 4.69) is 15.2 Å². The molecule has 6 nitrogen and oxygen atoms in total. The van der Waals surface area contributed by atoms with Gasteiger partial charge in [-0.2, -0.15) is 13.2 Å². The highest BCUT2D eigenvalue weighted by Gasteiger charge is 2.32. The van der Waals surface area contributed by atoms with E-state index in [0.717, 1.165) is 24.0 Å². The topological polar surface area (TPSA) is 80.9 Å². The van der Waals surface area contributed by atoms with Crippen molar-refractivity contribution in [2.75, 3.05) is 5.75 Å². The Morgan fingerprint density at radius 3 is 2.70 bits per heavy atom. The Balaban J connectivity index is 2.24. The summed E-state index contributed by atoms with van der Waals surface area (Å²) in [5.41, 5.74) is -0.690. The second kappa shape index (κ2) is 5.49. The van der Waals surface area contributed by atoms with Crippen molar-refractivity contribution in [3.8, 4) is 5.69 Å². The Morgan fingerprint density at radius 2 is 2.15 bits per heavy atom. The van der Waals surface area contributed by atoms with Crippen molar-refractivity contribution in [2.24, 2.45) is 0 Å². The molecule has 0 atom stereocenters. The first-order chi connectivity index (χ1) is 9.38. The molecular formula is C10H7F3N4O2S. The molecule has 0 saturated carbocycles. The first-order valence-electron chi connectivity index (χ1n) is 5.16. The third-order valence-electron chi connectivity index (χ3n) is 2.16. The van der Waals surface area contributed by atoms with E-state index < -0.39 is 17.8 Å². The predicted octanol–water partition coefficient (Wildman–Crippen LogP) is 1.86. The minimum atomic E-state index is -4.51. The Kier molecular flexibility index (Phi) is 3.93. The fourth-order valence-corrected chi connectivity index (χ4v) is 1.97. The highest BCUT2D eigenvalue weighted by molar-refractivity contribution is 7.99. The minimum Gasteiger partial charge on any atom is -0.481 e. The molecular weight excluding hydrogens is 297 g/mol. The summed E-state index contributed by atoms with van der Waals surface area (Å²) in [7, 11) is 0. The van der Waals surface area contributed by atoms with Crippen LogP contribution in [0.1, 0.15) is 5.69 Å². The number of aliphatic carboxylic acids is 1. The zero-order chi connectivity index (χ0) is 14.8. The van der Waals surface area contributed by atoms with Crippen molar-refractivity contribution in [2.45, 2.75) is 11.3 Å². The van der Waals surface area contributed by atoms with Crippen LogP contribution in [0.2, 0.25) is 0 Å². The van der Waals surface area contributed by atoms with Crippen LogP contribution in [0.3, 0.4) is 0 Å². The van der Waals surface area contributed by atoms with Crippen LogP contribution in [0.15, 0.2) is 29.8 Å². The number of nitrogens with zero attached hydrogens (tertiary/aromatic N) is 4. The van der Waals surface area contributed by atoms with Crippen LogP contribution in [0, 0.1) is 0 Å². The van der Waals surface area contributed by atoms with Gasteiger partial charge in [-0.1, -0.05) is 11.8 Å². The van der Waals surface area contributed by atoms with Gasteiger partial charge in [0.25, 0.3) is 0 Å². The van der Waals surface area contributed by atoms with E-state index >= 15 is 0 Å². The van der Waals surface area contributed by atoms with Crippen LogP contribution in [0.5, 0.6) is 0 Å². The zero-order valence-electron chi connectivity index (χ0n) is 9.70. The Bertz CT molecular complexity index is 612. The molecule has 1 N–H and O–H groups in total. The van der Waals surface area contributed by atoms with Gasteiger partial charge in [0, 0.05) is 0 Å². The van der Waals surface area contributed by atoms with E-state index in [0.29, 0.717) is 5.69 Å². The summed E-state index contributed by atoms with van der Waals surface area (Å²) in [5, 5.41) is 16.1. The van der Waals surface area contributed by atoms with Crippen LogP contribution < -0.4 is 0 Å². The molecule has 2 rings (SSSR count). The van der Waals surface area contributed by atoms with E-state index in [1.807, 2.05) is 0 Å². The highest BCUT2D eigenvalue weighted by Crippen LogP contribution is 2.28. The van der Waals surface area contributed by atoms with Crippen LogP contribution in [0.25, 0.3) is 5.69 Å². The lowest BCUT2D eigenvalue weighted by molar-refractivity contribution is -0.141. The van der Waals surface area contributed by atoms with Gasteiger partial charge in [0.15, 0.2) is 5.16 Å². The van der Waals surface area contributed by atoms with Crippen LogP contribution in [0.4, 0.5) is 13.2 Å². The average molecular weight is 304 g/mol. The molecule has 0 aliphatic rings. The van der Waals surface area contributed by atoms with Crippen LogP contribution in [-0.2, 0) is 11.0 Å². The molecule has 2 aromatic heterocycles. The van der Waals surface area contributed by atoms with Gasteiger partial charge < -0.3 is 5.11 Å². The maximum absolute atomic E-state index is 12.4. The lowest BCUT2D eigenvalue weighted by Crippen LogP contribution is -2.08. The molecule has 0 radical (unpaired) electrons. The van der Waals surface area contributed by atoms with E-state index in [1.165, 1.54) is 17.0 Å². The summed E-state index contributed by atoms with van der Waals surface area (Å²) < 4.78 is 38.5. The molecule has 106 valence electrons. The first-order valence-corrected chi connectivity index (χ1v) is 6.15. The number of alkyl halides is 3. The molecule has 0 saturated heterocycles. The highest BCUT2D eigenvalue weighted by atomic mass is 32.2. The number of hydrogen-bond donors (Lipinski definition) is 1. The number of thioether (sulfide) groups is 1. The van der Waals surface area contributed by atoms with Gasteiger partial charge >= 0.3 is 12.1 Å². The third-order valence-corrected chi connectivity index (χ3v) is 3.09. The standard InChI is InChI=1S/C10H7F3N4O2S/c11-10(12,13)7-2-1-6(3-14-7)17-5-15-16-9(17)20-4-8(18)19/h1-3,5H,4H2,(H,18,19). The van der Waals surface area contributed by atoms with E-state index in [-0.39, 0.29) is 10.9 Å². The molecule has 0 unspecified atom stereocenters. The number of hydrogen-bond acceptors (Lipinski definition) is 5. The summed E-state index contributed by atoms with van der Waals surface area (Å²) in [4.78, 5) is 13.8. The van der Waals surface area contributed by atoms with E-state index in [4.69, 9.17) is 5.11 Å². The van der Waals surface area contributed by atoms with Crippen molar-refractivity contribution in [1.29, 1.82) is 0 Å². The average Bonchev–Trinajstić information content (AvgIpc) is 2.83. The maximum atomic E-state index is 12.4. The van der Waals surface area contributed by atoms with E-state index in [9.17, 15) is 18.0 Å². The molecule has 0 aliphatic heterocycles. The number of carboxylic acids is 1. The molecule has 0 aromatic carbocycles. The summed E-state index contributed by atoms with van der Waals surface area (Å²) in [6.45, 7) is 0. The van der Waals surface area contributed by atoms with Gasteiger partial charge in [-0.25, -0.2) is 4.98 Å². The number of halogens is 3. The Hall–Kier alpha value is -2.10. The summed E-state index contributed by atoms with van der Waals surface area (Å²) >= 11 is 0.906. The minimum absolute atomic E-state index is 0.229. The van der Waals surface area contributed by atoms with Crippen LogP contribution in [-0.4, -0.2) is 36.6 Å². The van der Waals surface area contributed by atoms with Crippen molar-refractivity contribution in [3.05, 3.63) is 30.4 Å². The van der Waals surface area contributed by atoms with Gasteiger partial charge in [0.05, 0.1) is 17.6 Å². The second-order valence-electron chi connectivity index (χ2n) is 3.57. The molecule has 0 spiro atoms. The lowest BCUT2D eigenvalue weighted by atomic mass is 10.3. The smallest absolute Gasteiger partial charge is 0.433 e. The maximum Gasteiger partial charge on any atom is 0.433 e. The number of carboxylic acid groups (broad SMARTS) is 1. The number of pyridine rings is 1. The molecule has 2 aromatic rings. The third kappa shape index (κ3) is 3.26. The van der Waals surface area contributed by atoms with Crippen LogP contribution >= 0.6 is 11.8 Å². The van der Waals surface area contributed by atoms with Crippen molar-refractivity contribution in [3.63, 3.8) is 0 Å². The molecule has 0 aliphatic carbocycles. The Morgan fingerprint density at radius 1 is 1.40 bits per heavy atom. The normalized spacial score (nSPS) is 11.6. The summed E-state index contributed by atoms with van der Waals surface area (Å²) in [6, 6.07) is 2.05. The molecule has 0 amide bonds.